The summed E-state index contributed by atoms with van der Waals surface area (Å²) < 4.78 is 5.05. The summed E-state index contributed by atoms with van der Waals surface area (Å²) in [4.78, 5) is 2.53. The molecule has 1 N–H and O–H groups in total. The van der Waals surface area contributed by atoms with Gasteiger partial charge in [-0.25, -0.2) is 0 Å². The maximum Gasteiger partial charge on any atom is 0.0474 e. The van der Waals surface area contributed by atoms with E-state index < -0.39 is 0 Å². The van der Waals surface area contributed by atoms with Crippen LogP contribution in [0.3, 0.4) is 0 Å². The molecule has 13 heavy (non-hydrogen) atoms. The van der Waals surface area contributed by atoms with Gasteiger partial charge < -0.3 is 15.0 Å². The SMILES string of the molecule is COCCCN1CCCNC(C)C1. The van der Waals surface area contributed by atoms with E-state index in [-0.39, 0.29) is 0 Å². The molecular formula is C10H22N2O. The summed E-state index contributed by atoms with van der Waals surface area (Å²) in [6.07, 6.45) is 2.43. The molecule has 1 unspecified atom stereocenters. The summed E-state index contributed by atoms with van der Waals surface area (Å²) >= 11 is 0. The van der Waals surface area contributed by atoms with Crippen molar-refractivity contribution in [1.82, 2.24) is 10.2 Å². The number of nitrogens with one attached hydrogen (secondary N) is 1. The van der Waals surface area contributed by atoms with Crippen LogP contribution < -0.4 is 5.32 Å². The zero-order valence-electron chi connectivity index (χ0n) is 8.88. The molecule has 3 heteroatoms. The van der Waals surface area contributed by atoms with Gasteiger partial charge in [-0.2, -0.15) is 0 Å². The summed E-state index contributed by atoms with van der Waals surface area (Å²) in [6, 6.07) is 0.644. The second-order valence-electron chi connectivity index (χ2n) is 3.86. The van der Waals surface area contributed by atoms with Crippen molar-refractivity contribution < 1.29 is 4.74 Å². The Hall–Kier alpha value is -0.120. The topological polar surface area (TPSA) is 24.5 Å². The van der Waals surface area contributed by atoms with Crippen LogP contribution >= 0.6 is 0 Å². The van der Waals surface area contributed by atoms with E-state index in [0.29, 0.717) is 6.04 Å². The molecule has 0 radical (unpaired) electrons. The van der Waals surface area contributed by atoms with E-state index in [4.69, 9.17) is 4.74 Å². The van der Waals surface area contributed by atoms with Crippen molar-refractivity contribution in [1.29, 1.82) is 0 Å². The molecule has 0 aromatic rings. The molecule has 1 atom stereocenters. The van der Waals surface area contributed by atoms with Gasteiger partial charge in [0.2, 0.25) is 0 Å². The number of methoxy groups -OCH3 is 1. The van der Waals surface area contributed by atoms with Crippen LogP contribution in [0, 0.1) is 0 Å². The van der Waals surface area contributed by atoms with Crippen molar-refractivity contribution in [2.75, 3.05) is 39.9 Å². The van der Waals surface area contributed by atoms with E-state index in [0.717, 1.165) is 13.0 Å². The fourth-order valence-electron chi connectivity index (χ4n) is 1.83. The van der Waals surface area contributed by atoms with Crippen LogP contribution in [0.25, 0.3) is 0 Å². The summed E-state index contributed by atoms with van der Waals surface area (Å²) in [6.45, 7) is 7.92. The fraction of sp³-hybridized carbons (Fsp3) is 1.00. The van der Waals surface area contributed by atoms with Crippen molar-refractivity contribution in [3.05, 3.63) is 0 Å². The van der Waals surface area contributed by atoms with Gasteiger partial charge in [0.05, 0.1) is 0 Å². The summed E-state index contributed by atoms with van der Waals surface area (Å²) in [5, 5.41) is 3.49. The maximum atomic E-state index is 5.05. The van der Waals surface area contributed by atoms with E-state index in [2.05, 4.69) is 17.1 Å². The molecular weight excluding hydrogens is 164 g/mol. The quantitative estimate of drug-likeness (QED) is 0.654. The molecule has 78 valence electrons. The normalized spacial score (nSPS) is 25.8. The number of hydrogen-bond donors (Lipinski definition) is 1. The van der Waals surface area contributed by atoms with Crippen molar-refractivity contribution in [3.8, 4) is 0 Å². The zero-order chi connectivity index (χ0) is 9.52. The number of nitrogens with zero attached hydrogens (tertiary/aromatic N) is 1. The largest absolute Gasteiger partial charge is 0.385 e. The first-order valence-corrected chi connectivity index (χ1v) is 5.27. The van der Waals surface area contributed by atoms with Crippen LogP contribution in [0.2, 0.25) is 0 Å². The van der Waals surface area contributed by atoms with Crippen molar-refractivity contribution >= 4 is 0 Å². The molecule has 0 spiro atoms. The molecule has 1 aliphatic heterocycles. The van der Waals surface area contributed by atoms with E-state index in [9.17, 15) is 0 Å². The van der Waals surface area contributed by atoms with Gasteiger partial charge in [0.15, 0.2) is 0 Å². The first-order valence-electron chi connectivity index (χ1n) is 5.27. The Morgan fingerprint density at radius 2 is 2.38 bits per heavy atom. The lowest BCUT2D eigenvalue weighted by atomic mass is 10.3. The van der Waals surface area contributed by atoms with Crippen molar-refractivity contribution in [3.63, 3.8) is 0 Å². The second kappa shape index (κ2) is 6.35. The molecule has 1 heterocycles. The smallest absolute Gasteiger partial charge is 0.0474 e. The van der Waals surface area contributed by atoms with Crippen molar-refractivity contribution in [2.24, 2.45) is 0 Å². The molecule has 1 fully saturated rings. The average Bonchev–Trinajstić information content (AvgIpc) is 2.31. The number of hydrogen-bond acceptors (Lipinski definition) is 3. The molecule has 0 aromatic carbocycles. The highest BCUT2D eigenvalue weighted by Gasteiger charge is 2.12. The third-order valence-corrected chi connectivity index (χ3v) is 2.50. The van der Waals surface area contributed by atoms with Gasteiger partial charge >= 0.3 is 0 Å². The fourth-order valence-corrected chi connectivity index (χ4v) is 1.83. The Labute approximate surface area is 81.4 Å². The predicted molar refractivity (Wildman–Crippen MR) is 55.0 cm³/mol. The van der Waals surface area contributed by atoms with Crippen LogP contribution in [0.15, 0.2) is 0 Å². The van der Waals surface area contributed by atoms with Gasteiger partial charge in [0, 0.05) is 32.8 Å². The van der Waals surface area contributed by atoms with E-state index >= 15 is 0 Å². The third-order valence-electron chi connectivity index (χ3n) is 2.50. The Morgan fingerprint density at radius 3 is 3.15 bits per heavy atom. The summed E-state index contributed by atoms with van der Waals surface area (Å²) in [5.74, 6) is 0. The van der Waals surface area contributed by atoms with Gasteiger partial charge in [-0.1, -0.05) is 0 Å². The molecule has 1 aliphatic rings. The minimum Gasteiger partial charge on any atom is -0.385 e. The average molecular weight is 186 g/mol. The second-order valence-corrected chi connectivity index (χ2v) is 3.86. The Kier molecular flexibility index (Phi) is 5.35. The van der Waals surface area contributed by atoms with E-state index in [1.165, 1.54) is 32.6 Å². The number of ether oxygens (including phenoxy) is 1. The van der Waals surface area contributed by atoms with Crippen LogP contribution in [0.5, 0.6) is 0 Å². The van der Waals surface area contributed by atoms with Gasteiger partial charge in [0.1, 0.15) is 0 Å². The minimum absolute atomic E-state index is 0.644. The molecule has 0 aromatic heterocycles. The first kappa shape index (κ1) is 11.0. The highest BCUT2D eigenvalue weighted by atomic mass is 16.5. The van der Waals surface area contributed by atoms with Crippen LogP contribution in [-0.2, 0) is 4.74 Å². The van der Waals surface area contributed by atoms with E-state index in [1.54, 1.807) is 7.11 Å². The maximum absolute atomic E-state index is 5.05. The lowest BCUT2D eigenvalue weighted by Gasteiger charge is -2.21. The van der Waals surface area contributed by atoms with Gasteiger partial charge in [-0.05, 0) is 32.9 Å². The zero-order valence-corrected chi connectivity index (χ0v) is 8.88. The van der Waals surface area contributed by atoms with Gasteiger partial charge in [0.25, 0.3) is 0 Å². The monoisotopic (exact) mass is 186 g/mol. The lowest BCUT2D eigenvalue weighted by Crippen LogP contribution is -2.36. The van der Waals surface area contributed by atoms with E-state index in [1.807, 2.05) is 0 Å². The molecule has 3 nitrogen and oxygen atoms in total. The Bertz CT molecular complexity index is 130. The molecule has 0 saturated carbocycles. The Balaban J connectivity index is 2.15. The summed E-state index contributed by atoms with van der Waals surface area (Å²) in [7, 11) is 1.77. The predicted octanol–water partition coefficient (Wildman–Crippen LogP) is 0.707. The molecule has 0 amide bonds. The van der Waals surface area contributed by atoms with Crippen LogP contribution in [0.4, 0.5) is 0 Å². The highest BCUT2D eigenvalue weighted by molar-refractivity contribution is 4.72. The first-order chi connectivity index (χ1) is 6.33. The summed E-state index contributed by atoms with van der Waals surface area (Å²) in [5.41, 5.74) is 0. The van der Waals surface area contributed by atoms with Gasteiger partial charge in [-0.15, -0.1) is 0 Å². The standard InChI is InChI=1S/C10H22N2O/c1-10-9-12(6-3-5-11-10)7-4-8-13-2/h10-11H,3-9H2,1-2H3. The minimum atomic E-state index is 0.644. The van der Waals surface area contributed by atoms with Crippen LogP contribution in [0.1, 0.15) is 19.8 Å². The lowest BCUT2D eigenvalue weighted by molar-refractivity contribution is 0.171. The molecule has 1 saturated heterocycles. The van der Waals surface area contributed by atoms with Gasteiger partial charge in [-0.3, -0.25) is 0 Å². The molecule has 0 bridgehead atoms. The molecule has 1 rings (SSSR count). The van der Waals surface area contributed by atoms with Crippen molar-refractivity contribution in [2.45, 2.75) is 25.8 Å². The Morgan fingerprint density at radius 1 is 1.54 bits per heavy atom. The highest BCUT2D eigenvalue weighted by Crippen LogP contribution is 2.01. The van der Waals surface area contributed by atoms with Crippen LogP contribution in [-0.4, -0.2) is 50.8 Å². The molecule has 0 aliphatic carbocycles. The third kappa shape index (κ3) is 4.60. The number of rotatable bonds is 4.